The van der Waals surface area contributed by atoms with Crippen molar-refractivity contribution in [2.24, 2.45) is 0 Å². The first-order chi connectivity index (χ1) is 15.0. The maximum Gasteiger partial charge on any atom is 0.219 e. The van der Waals surface area contributed by atoms with Crippen molar-refractivity contribution in [3.05, 3.63) is 41.3 Å². The molecule has 0 radical (unpaired) electrons. The Morgan fingerprint density at radius 1 is 1.03 bits per heavy atom. The van der Waals surface area contributed by atoms with Crippen LogP contribution in [0.25, 0.3) is 16.7 Å². The highest BCUT2D eigenvalue weighted by Crippen LogP contribution is 2.29. The average molecular weight is 421 g/mol. The van der Waals surface area contributed by atoms with Gasteiger partial charge in [0.15, 0.2) is 5.65 Å². The number of rotatable bonds is 6. The zero-order chi connectivity index (χ0) is 22.0. The number of carbonyl (C=O) groups excluding carboxylic acids is 1. The van der Waals surface area contributed by atoms with E-state index in [-0.39, 0.29) is 11.9 Å². The van der Waals surface area contributed by atoms with Crippen LogP contribution in [0.3, 0.4) is 0 Å². The number of nitrogens with zero attached hydrogens (tertiary/aromatic N) is 4. The van der Waals surface area contributed by atoms with E-state index in [9.17, 15) is 4.79 Å². The quantitative estimate of drug-likeness (QED) is 0.623. The van der Waals surface area contributed by atoms with Crippen LogP contribution in [-0.2, 0) is 11.2 Å². The molecule has 2 N–H and O–H groups in total. The van der Waals surface area contributed by atoms with Crippen molar-refractivity contribution in [3.63, 3.8) is 0 Å². The van der Waals surface area contributed by atoms with Crippen molar-refractivity contribution in [1.29, 1.82) is 0 Å². The van der Waals surface area contributed by atoms with Gasteiger partial charge in [-0.3, -0.25) is 4.79 Å². The fourth-order valence-electron chi connectivity index (χ4n) is 4.26. The third-order valence-electron chi connectivity index (χ3n) is 6.10. The lowest BCUT2D eigenvalue weighted by Gasteiger charge is -2.30. The number of fused-ring (bicyclic) bond motifs is 1. The Labute approximate surface area is 183 Å². The molecule has 31 heavy (non-hydrogen) atoms. The highest BCUT2D eigenvalue weighted by atomic mass is 16.1. The van der Waals surface area contributed by atoms with Crippen molar-refractivity contribution in [2.75, 3.05) is 5.32 Å². The van der Waals surface area contributed by atoms with Crippen LogP contribution >= 0.6 is 0 Å². The van der Waals surface area contributed by atoms with Gasteiger partial charge in [0.25, 0.3) is 0 Å². The number of hydrogen-bond acceptors (Lipinski definition) is 5. The molecule has 2 heterocycles. The number of carbonyl (C=O) groups is 1. The third-order valence-corrected chi connectivity index (χ3v) is 6.10. The lowest BCUT2D eigenvalue weighted by molar-refractivity contribution is -0.121. The molecule has 7 heteroatoms. The lowest BCUT2D eigenvalue weighted by atomic mass is 9.91. The van der Waals surface area contributed by atoms with Crippen molar-refractivity contribution in [2.45, 2.75) is 78.3 Å². The van der Waals surface area contributed by atoms with Gasteiger partial charge in [0.05, 0.1) is 16.8 Å². The van der Waals surface area contributed by atoms with Gasteiger partial charge in [0, 0.05) is 24.9 Å². The van der Waals surface area contributed by atoms with E-state index in [0.717, 1.165) is 66.2 Å². The molecule has 0 atom stereocenters. The largest absolute Gasteiger partial charge is 0.367 e. The molecule has 0 saturated heterocycles. The maximum absolute atomic E-state index is 11.7. The topological polar surface area (TPSA) is 84.7 Å². The van der Waals surface area contributed by atoms with E-state index in [0.29, 0.717) is 12.5 Å². The molecule has 0 bridgehead atoms. The molecule has 164 valence electrons. The summed E-state index contributed by atoms with van der Waals surface area (Å²) in [5.74, 6) is 1.83. The fourth-order valence-corrected chi connectivity index (χ4v) is 4.26. The Balaban J connectivity index is 1.61. The maximum atomic E-state index is 11.7. The molecule has 2 aromatic heterocycles. The molecule has 1 aliphatic rings. The van der Waals surface area contributed by atoms with Gasteiger partial charge in [0.2, 0.25) is 5.91 Å². The van der Waals surface area contributed by atoms with Gasteiger partial charge in [0.1, 0.15) is 11.6 Å². The first-order valence-corrected chi connectivity index (χ1v) is 11.4. The molecule has 3 aromatic rings. The van der Waals surface area contributed by atoms with E-state index in [1.54, 1.807) is 0 Å². The molecule has 0 unspecified atom stereocenters. The van der Waals surface area contributed by atoms with Crippen LogP contribution < -0.4 is 10.6 Å². The standard InChI is InChI=1S/C24H32N6O/c1-5-20-27-23(26-18-11-9-17(10-12-18)25-21(31)6-2)22-16(4)29-30(24(22)28-20)19-13-7-15(3)8-14-19/h7-8,13-14,17-18H,5-6,9-12H2,1-4H3,(H,25,31)(H,26,27,28). The first-order valence-electron chi connectivity index (χ1n) is 11.4. The number of amides is 1. The van der Waals surface area contributed by atoms with Crippen LogP contribution in [-0.4, -0.2) is 37.7 Å². The van der Waals surface area contributed by atoms with E-state index in [4.69, 9.17) is 15.1 Å². The minimum atomic E-state index is 0.139. The molecule has 1 fully saturated rings. The minimum absolute atomic E-state index is 0.139. The van der Waals surface area contributed by atoms with Gasteiger partial charge in [-0.25, -0.2) is 14.6 Å². The Kier molecular flexibility index (Phi) is 6.20. The normalized spacial score (nSPS) is 18.8. The Bertz CT molecular complexity index is 1060. The number of aryl methyl sites for hydroxylation is 3. The zero-order valence-electron chi connectivity index (χ0n) is 18.9. The lowest BCUT2D eigenvalue weighted by Crippen LogP contribution is -2.40. The van der Waals surface area contributed by atoms with Crippen molar-refractivity contribution in [3.8, 4) is 5.69 Å². The van der Waals surface area contributed by atoms with Crippen molar-refractivity contribution < 1.29 is 4.79 Å². The highest BCUT2D eigenvalue weighted by molar-refractivity contribution is 5.90. The second-order valence-electron chi connectivity index (χ2n) is 8.49. The minimum Gasteiger partial charge on any atom is -0.367 e. The van der Waals surface area contributed by atoms with E-state index >= 15 is 0 Å². The predicted molar refractivity (Wildman–Crippen MR) is 124 cm³/mol. The van der Waals surface area contributed by atoms with Gasteiger partial charge < -0.3 is 10.6 Å². The molecule has 7 nitrogen and oxygen atoms in total. The molecule has 4 rings (SSSR count). The summed E-state index contributed by atoms with van der Waals surface area (Å²) in [4.78, 5) is 21.3. The van der Waals surface area contributed by atoms with Crippen molar-refractivity contribution in [1.82, 2.24) is 25.1 Å². The van der Waals surface area contributed by atoms with Gasteiger partial charge in [-0.15, -0.1) is 0 Å². The summed E-state index contributed by atoms with van der Waals surface area (Å²) in [5, 5.41) is 12.6. The Hall–Kier alpha value is -2.96. The summed E-state index contributed by atoms with van der Waals surface area (Å²) in [7, 11) is 0. The monoisotopic (exact) mass is 420 g/mol. The van der Waals surface area contributed by atoms with E-state index in [2.05, 4.69) is 48.7 Å². The summed E-state index contributed by atoms with van der Waals surface area (Å²) in [6, 6.07) is 8.96. The van der Waals surface area contributed by atoms with E-state index < -0.39 is 0 Å². The Morgan fingerprint density at radius 3 is 2.35 bits per heavy atom. The van der Waals surface area contributed by atoms with Crippen LogP contribution in [0.1, 0.15) is 63.0 Å². The van der Waals surface area contributed by atoms with E-state index in [1.807, 2.05) is 18.5 Å². The van der Waals surface area contributed by atoms with Crippen LogP contribution in [0.5, 0.6) is 0 Å². The Morgan fingerprint density at radius 2 is 1.71 bits per heavy atom. The fraction of sp³-hybridized carbons (Fsp3) is 0.500. The molecular formula is C24H32N6O. The molecule has 0 spiro atoms. The summed E-state index contributed by atoms with van der Waals surface area (Å²) in [5.41, 5.74) is 3.99. The second kappa shape index (κ2) is 9.04. The summed E-state index contributed by atoms with van der Waals surface area (Å²) < 4.78 is 1.92. The third kappa shape index (κ3) is 4.55. The summed E-state index contributed by atoms with van der Waals surface area (Å²) in [6.45, 7) is 8.07. The summed E-state index contributed by atoms with van der Waals surface area (Å²) >= 11 is 0. The zero-order valence-corrected chi connectivity index (χ0v) is 18.9. The summed E-state index contributed by atoms with van der Waals surface area (Å²) in [6.07, 6.45) is 5.29. The SMILES string of the molecule is CCC(=O)NC1CCC(Nc2nc(CC)nc3c2c(C)nn3-c2ccc(C)cc2)CC1. The van der Waals surface area contributed by atoms with Crippen LogP contribution in [0.15, 0.2) is 24.3 Å². The van der Waals surface area contributed by atoms with Crippen LogP contribution in [0.2, 0.25) is 0 Å². The van der Waals surface area contributed by atoms with Gasteiger partial charge >= 0.3 is 0 Å². The molecule has 1 amide bonds. The molecule has 1 aliphatic carbocycles. The predicted octanol–water partition coefficient (Wildman–Crippen LogP) is 4.24. The number of hydrogen-bond donors (Lipinski definition) is 2. The van der Waals surface area contributed by atoms with Crippen molar-refractivity contribution >= 4 is 22.8 Å². The smallest absolute Gasteiger partial charge is 0.219 e. The first kappa shape index (κ1) is 21.3. The van der Waals surface area contributed by atoms with Crippen LogP contribution in [0.4, 0.5) is 5.82 Å². The van der Waals surface area contributed by atoms with Gasteiger partial charge in [-0.1, -0.05) is 31.5 Å². The van der Waals surface area contributed by atoms with E-state index in [1.165, 1.54) is 5.56 Å². The number of anilines is 1. The molecule has 0 aliphatic heterocycles. The number of aromatic nitrogens is 4. The molecule has 1 aromatic carbocycles. The molecular weight excluding hydrogens is 388 g/mol. The molecule has 1 saturated carbocycles. The van der Waals surface area contributed by atoms with Gasteiger partial charge in [-0.05, 0) is 51.7 Å². The second-order valence-corrected chi connectivity index (χ2v) is 8.49. The highest BCUT2D eigenvalue weighted by Gasteiger charge is 2.24. The average Bonchev–Trinajstić information content (AvgIpc) is 3.12. The number of nitrogens with one attached hydrogen (secondary N) is 2. The van der Waals surface area contributed by atoms with Gasteiger partial charge in [-0.2, -0.15) is 5.10 Å². The number of benzene rings is 1. The van der Waals surface area contributed by atoms with Crippen LogP contribution in [0, 0.1) is 13.8 Å².